The van der Waals surface area contributed by atoms with Crippen molar-refractivity contribution in [3.63, 3.8) is 0 Å². The van der Waals surface area contributed by atoms with Crippen LogP contribution in [0.2, 0.25) is 42.3 Å². The van der Waals surface area contributed by atoms with Crippen LogP contribution < -0.4 is 20.7 Å². The van der Waals surface area contributed by atoms with Gasteiger partial charge in [-0.3, -0.25) is 19.2 Å². The Hall–Kier alpha value is -6.05. The van der Waals surface area contributed by atoms with Gasteiger partial charge in [-0.15, -0.1) is 0 Å². The summed E-state index contributed by atoms with van der Waals surface area (Å²) >= 11 is 0. The van der Waals surface area contributed by atoms with Gasteiger partial charge in [0.15, 0.2) is 18.9 Å². The average Bonchev–Trinajstić information content (AvgIpc) is 1.22. The molecule has 0 aromatic heterocycles. The molecule has 0 unspecified atom stereocenters. The maximum Gasteiger partial charge on any atom is 0.408 e. The predicted molar refractivity (Wildman–Crippen MR) is 351 cm³/mol. The highest BCUT2D eigenvalue weighted by Crippen LogP contribution is 2.44. The number of likely N-dealkylation sites (tertiary alicyclic amines) is 1. The summed E-state index contributed by atoms with van der Waals surface area (Å²) < 4.78 is 47.1. The highest BCUT2D eigenvalue weighted by atomic mass is 28.4. The van der Waals surface area contributed by atoms with Crippen LogP contribution in [0.1, 0.15) is 154 Å². The van der Waals surface area contributed by atoms with Gasteiger partial charge in [-0.05, 0) is 111 Å². The monoisotopic (exact) mass is 1300 g/mol. The van der Waals surface area contributed by atoms with Crippen molar-refractivity contribution in [1.29, 1.82) is 0 Å². The van der Waals surface area contributed by atoms with Crippen molar-refractivity contribution in [2.75, 3.05) is 34.1 Å². The second kappa shape index (κ2) is 36.3. The highest BCUT2D eigenvalue weighted by molar-refractivity contribution is 6.77. The lowest BCUT2D eigenvalue weighted by Gasteiger charge is -2.46. The molecule has 23 heteroatoms. The zero-order valence-corrected chi connectivity index (χ0v) is 60.0. The molecule has 1 aliphatic heterocycles. The summed E-state index contributed by atoms with van der Waals surface area (Å²) in [6.07, 6.45) is -4.17. The fourth-order valence-electron chi connectivity index (χ4n) is 11.5. The van der Waals surface area contributed by atoms with E-state index in [1.807, 2.05) is 58.0 Å². The molecule has 2 aromatic rings. The molecule has 0 radical (unpaired) electrons. The van der Waals surface area contributed by atoms with Gasteiger partial charge in [0.2, 0.25) is 20.1 Å². The first-order valence-electron chi connectivity index (χ1n) is 32.3. The fraction of sp³-hybridized carbons (Fsp3) is 0.701. The lowest BCUT2D eigenvalue weighted by Crippen LogP contribution is -2.58. The first-order chi connectivity index (χ1) is 42.0. The summed E-state index contributed by atoms with van der Waals surface area (Å²) in [5.74, 6) is -4.77. The van der Waals surface area contributed by atoms with Crippen LogP contribution >= 0.6 is 0 Å². The molecule has 508 valence electrons. The minimum Gasteiger partial charge on any atom is -0.497 e. The van der Waals surface area contributed by atoms with Crippen LogP contribution in [-0.2, 0) is 74.6 Å². The SMILES string of the molecule is CC[C@H](C)[C@@H](NC(=O)OCc1ccccc1)[C@H](CC(=O)O[C@H](C(=O)N[C@@H](CC(C)C)C(=O)N1CCC[C@H]1C(=O)N(C)[C@@H](Cc1ccc(OC)cc1)C(=O)O[C@H](C)[C@H](NC(=O)OC(C)(C)C)C(=O)OCOCC[Si](C)(C)C)C(C)C)O[Si](C(C)C)(C(C)C)C(C)C. The van der Waals surface area contributed by atoms with Crippen molar-refractivity contribution in [2.45, 2.75) is 252 Å². The lowest BCUT2D eigenvalue weighted by molar-refractivity contribution is -0.169. The number of alkyl carbamates (subject to hydrolysis) is 2. The number of amides is 5. The summed E-state index contributed by atoms with van der Waals surface area (Å²) in [4.78, 5) is 117. The molecule has 3 rings (SSSR count). The van der Waals surface area contributed by atoms with E-state index in [1.165, 1.54) is 30.9 Å². The van der Waals surface area contributed by atoms with E-state index in [0.29, 0.717) is 30.8 Å². The van der Waals surface area contributed by atoms with E-state index in [9.17, 15) is 28.8 Å². The largest absolute Gasteiger partial charge is 0.497 e. The van der Waals surface area contributed by atoms with Crippen molar-refractivity contribution in [3.8, 4) is 5.75 Å². The lowest BCUT2D eigenvalue weighted by atomic mass is 9.92. The van der Waals surface area contributed by atoms with Crippen molar-refractivity contribution in [1.82, 2.24) is 25.8 Å². The van der Waals surface area contributed by atoms with Gasteiger partial charge in [-0.25, -0.2) is 19.2 Å². The van der Waals surface area contributed by atoms with Gasteiger partial charge in [-0.1, -0.05) is 152 Å². The van der Waals surface area contributed by atoms with Crippen molar-refractivity contribution < 1.29 is 75.9 Å². The van der Waals surface area contributed by atoms with Gasteiger partial charge < -0.3 is 63.3 Å². The van der Waals surface area contributed by atoms with Crippen LogP contribution in [0.25, 0.3) is 0 Å². The third kappa shape index (κ3) is 24.5. The van der Waals surface area contributed by atoms with Gasteiger partial charge in [0, 0.05) is 34.7 Å². The Labute approximate surface area is 539 Å². The number of esters is 3. The summed E-state index contributed by atoms with van der Waals surface area (Å²) in [5.41, 5.74) is 0.824. The summed E-state index contributed by atoms with van der Waals surface area (Å²) in [6.45, 7) is 37.1. The summed E-state index contributed by atoms with van der Waals surface area (Å²) in [6, 6.07) is 11.2. The van der Waals surface area contributed by atoms with Gasteiger partial charge in [0.25, 0.3) is 5.91 Å². The standard InChI is InChI=1S/C67H111N5O16Si2/c1-22-47(12)57(69-65(79)83-40-50-27-24-23-25-28-50)55(88-90(44(6)7,45(8)9)46(10)11)39-56(73)86-59(43(4)5)60(74)68-52(37-42(2)3)61(75)72-34-26-29-53(72)62(76)71(17)54(38-49-30-32-51(81-18)33-31-49)63(77)85-48(13)58(70-66(80)87-67(14,15)16)64(78)84-41-82-35-36-89(19,20)21/h23-25,27-28,30-33,42-48,52-55,57-59H,22,26,29,34-41H2,1-21H3,(H,68,74)(H,69,79)(H,70,80)/t47-,48+,52-,53-,54-,55-,57+,58-,59-/m0/s1. The molecule has 1 aliphatic rings. The predicted octanol–water partition coefficient (Wildman–Crippen LogP) is 11.1. The van der Waals surface area contributed by atoms with Crippen LogP contribution in [-0.4, -0.2) is 162 Å². The number of ether oxygens (including phenoxy) is 7. The molecule has 2 aromatic carbocycles. The maximum atomic E-state index is 15.0. The molecule has 1 heterocycles. The number of nitrogens with one attached hydrogen (secondary N) is 3. The molecule has 0 saturated carbocycles. The van der Waals surface area contributed by atoms with E-state index in [1.54, 1.807) is 58.9 Å². The Morgan fingerprint density at radius 2 is 1.36 bits per heavy atom. The molecular formula is C67H111N5O16Si2. The third-order valence-electron chi connectivity index (χ3n) is 16.5. The Morgan fingerprint density at radius 1 is 0.744 bits per heavy atom. The van der Waals surface area contributed by atoms with Crippen LogP contribution in [0.5, 0.6) is 5.75 Å². The fourth-order valence-corrected chi connectivity index (χ4v) is 17.8. The topological polar surface area (TPSA) is 253 Å². The van der Waals surface area contributed by atoms with Gasteiger partial charge >= 0.3 is 30.1 Å². The minimum absolute atomic E-state index is 0.0345. The number of methoxy groups -OCH3 is 1. The quantitative estimate of drug-likeness (QED) is 0.0191. The molecule has 3 N–H and O–H groups in total. The van der Waals surface area contributed by atoms with E-state index < -0.39 is 131 Å². The molecule has 0 spiro atoms. The maximum absolute atomic E-state index is 15.0. The zero-order chi connectivity index (χ0) is 68.0. The van der Waals surface area contributed by atoms with E-state index in [4.69, 9.17) is 37.6 Å². The number of likely N-dealkylation sites (N-methyl/N-ethyl adjacent to an activating group) is 1. The molecule has 0 bridgehead atoms. The van der Waals surface area contributed by atoms with Crippen molar-refractivity contribution in [2.24, 2.45) is 17.8 Å². The average molecular weight is 1300 g/mol. The Balaban J connectivity index is 1.98. The first kappa shape index (κ1) is 78.2. The van der Waals surface area contributed by atoms with E-state index in [-0.39, 0.29) is 67.3 Å². The van der Waals surface area contributed by atoms with Crippen molar-refractivity contribution in [3.05, 3.63) is 65.7 Å². The Morgan fingerprint density at radius 3 is 1.89 bits per heavy atom. The van der Waals surface area contributed by atoms with Crippen LogP contribution in [0.3, 0.4) is 0 Å². The second-order valence-corrected chi connectivity index (χ2v) is 38.9. The Bertz CT molecular complexity index is 2590. The van der Waals surface area contributed by atoms with Crippen LogP contribution in [0.4, 0.5) is 9.59 Å². The smallest absolute Gasteiger partial charge is 0.408 e. The van der Waals surface area contributed by atoms with Gasteiger partial charge in [0.1, 0.15) is 42.2 Å². The van der Waals surface area contributed by atoms with E-state index in [2.05, 4.69) is 77.1 Å². The molecule has 1 saturated heterocycles. The number of hydrogen-bond donors (Lipinski definition) is 3. The molecule has 90 heavy (non-hydrogen) atoms. The first-order valence-corrected chi connectivity index (χ1v) is 38.1. The molecule has 21 nitrogen and oxygen atoms in total. The number of benzene rings is 2. The number of hydrogen-bond acceptors (Lipinski definition) is 16. The molecule has 1 fully saturated rings. The number of carbonyl (C=O) groups is 8. The van der Waals surface area contributed by atoms with E-state index >= 15 is 9.59 Å². The van der Waals surface area contributed by atoms with Crippen molar-refractivity contribution >= 4 is 64.2 Å². The number of rotatable bonds is 35. The zero-order valence-electron chi connectivity index (χ0n) is 58.0. The second-order valence-electron chi connectivity index (χ2n) is 27.9. The van der Waals surface area contributed by atoms with Crippen LogP contribution in [0.15, 0.2) is 54.6 Å². The van der Waals surface area contributed by atoms with E-state index in [0.717, 1.165) is 11.6 Å². The van der Waals surface area contributed by atoms with Crippen LogP contribution in [0, 0.1) is 17.8 Å². The highest BCUT2D eigenvalue weighted by Gasteiger charge is 2.50. The number of nitrogens with zero attached hydrogens (tertiary/aromatic N) is 2. The summed E-state index contributed by atoms with van der Waals surface area (Å²) in [7, 11) is -1.26. The molecule has 9 atom stereocenters. The van der Waals surface area contributed by atoms with Gasteiger partial charge in [-0.2, -0.15) is 0 Å². The molecule has 5 amide bonds. The van der Waals surface area contributed by atoms with Gasteiger partial charge in [0.05, 0.1) is 25.7 Å². The Kier molecular flexibility index (Phi) is 31.5. The minimum atomic E-state index is -2.75. The molecule has 0 aliphatic carbocycles. The number of carbonyl (C=O) groups excluding carboxylic acids is 8. The molecular weight excluding hydrogens is 1190 g/mol. The normalized spacial score (nSPS) is 16.5. The third-order valence-corrected chi connectivity index (χ3v) is 24.3. The summed E-state index contributed by atoms with van der Waals surface area (Å²) in [5, 5.41) is 8.47.